The highest BCUT2D eigenvalue weighted by Gasteiger charge is 2.26. The second kappa shape index (κ2) is 9.53. The van der Waals surface area contributed by atoms with Crippen LogP contribution in [0.4, 0.5) is 0 Å². The van der Waals surface area contributed by atoms with Crippen LogP contribution in [0.1, 0.15) is 39.0 Å². The van der Waals surface area contributed by atoms with E-state index in [2.05, 4.69) is 5.32 Å². The maximum Gasteiger partial charge on any atom is 0.328 e. The van der Waals surface area contributed by atoms with Gasteiger partial charge in [-0.05, 0) is 12.8 Å². The van der Waals surface area contributed by atoms with Crippen LogP contribution < -0.4 is 11.1 Å². The van der Waals surface area contributed by atoms with E-state index in [1.54, 1.807) is 6.92 Å². The largest absolute Gasteiger partial charge is 0.467 e. The summed E-state index contributed by atoms with van der Waals surface area (Å²) in [5.74, 6) is -1.57. The summed E-state index contributed by atoms with van der Waals surface area (Å²) >= 11 is 0. The predicted octanol–water partition coefficient (Wildman–Crippen LogP) is 0.157. The number of rotatable bonds is 1. The summed E-state index contributed by atoms with van der Waals surface area (Å²) in [6.45, 7) is 2.35. The topological polar surface area (TPSA) is 108 Å². The van der Waals surface area contributed by atoms with Crippen molar-refractivity contribution in [2.24, 2.45) is 11.7 Å². The van der Waals surface area contributed by atoms with Crippen LogP contribution in [-0.4, -0.2) is 50.1 Å². The Morgan fingerprint density at radius 3 is 2.73 bits per heavy atom. The first kappa shape index (κ1) is 18.6. The summed E-state index contributed by atoms with van der Waals surface area (Å²) < 4.78 is 10.1. The number of esters is 1. The molecule has 1 rings (SSSR count). The first-order valence-corrected chi connectivity index (χ1v) is 7.70. The minimum absolute atomic E-state index is 0.0320. The molecule has 1 aliphatic rings. The zero-order valence-corrected chi connectivity index (χ0v) is 13.3. The molecule has 0 aliphatic carbocycles. The van der Waals surface area contributed by atoms with E-state index in [1.807, 2.05) is 0 Å². The van der Waals surface area contributed by atoms with Gasteiger partial charge in [0.25, 0.3) is 0 Å². The van der Waals surface area contributed by atoms with E-state index in [0.717, 1.165) is 19.3 Å². The Morgan fingerprint density at radius 2 is 2.05 bits per heavy atom. The van der Waals surface area contributed by atoms with Crippen molar-refractivity contribution < 1.29 is 23.9 Å². The van der Waals surface area contributed by atoms with Gasteiger partial charge >= 0.3 is 5.97 Å². The molecule has 1 amide bonds. The van der Waals surface area contributed by atoms with E-state index in [9.17, 15) is 14.4 Å². The average Bonchev–Trinajstić information content (AvgIpc) is 2.50. The Balaban J connectivity index is 2.73. The number of amides is 1. The van der Waals surface area contributed by atoms with E-state index in [1.165, 1.54) is 7.11 Å². The van der Waals surface area contributed by atoms with Crippen molar-refractivity contribution in [1.82, 2.24) is 5.32 Å². The van der Waals surface area contributed by atoms with Crippen LogP contribution in [-0.2, 0) is 23.9 Å². The molecule has 0 spiro atoms. The van der Waals surface area contributed by atoms with Crippen molar-refractivity contribution in [2.45, 2.75) is 51.1 Å². The molecule has 0 unspecified atom stereocenters. The summed E-state index contributed by atoms with van der Waals surface area (Å²) in [7, 11) is 1.29. The van der Waals surface area contributed by atoms with Crippen LogP contribution in [0.2, 0.25) is 0 Å². The number of Topliss-reactive ketones (excluding diaryl/α,β-unsaturated/α-hetero) is 1. The molecule has 1 heterocycles. The van der Waals surface area contributed by atoms with Crippen LogP contribution in [0.3, 0.4) is 0 Å². The number of carbonyl (C=O) groups is 3. The van der Waals surface area contributed by atoms with Crippen LogP contribution in [0.5, 0.6) is 0 Å². The van der Waals surface area contributed by atoms with E-state index >= 15 is 0 Å². The van der Waals surface area contributed by atoms with Gasteiger partial charge in [-0.2, -0.15) is 0 Å². The number of ketones is 1. The lowest BCUT2D eigenvalue weighted by Gasteiger charge is -2.20. The fourth-order valence-electron chi connectivity index (χ4n) is 2.28. The van der Waals surface area contributed by atoms with Gasteiger partial charge in [-0.3, -0.25) is 9.59 Å². The number of carbonyl (C=O) groups excluding carboxylic acids is 3. The van der Waals surface area contributed by atoms with Crippen molar-refractivity contribution in [2.75, 3.05) is 20.3 Å². The Kier molecular flexibility index (Phi) is 8.05. The molecule has 0 saturated carbocycles. The third-order valence-corrected chi connectivity index (χ3v) is 3.75. The molecule has 3 atom stereocenters. The summed E-state index contributed by atoms with van der Waals surface area (Å²) in [4.78, 5) is 35.8. The van der Waals surface area contributed by atoms with Crippen molar-refractivity contribution in [3.05, 3.63) is 0 Å². The third kappa shape index (κ3) is 6.11. The molecule has 126 valence electrons. The molecule has 22 heavy (non-hydrogen) atoms. The molecule has 1 aliphatic heterocycles. The van der Waals surface area contributed by atoms with Crippen molar-refractivity contribution in [3.63, 3.8) is 0 Å². The highest BCUT2D eigenvalue weighted by molar-refractivity contribution is 5.91. The van der Waals surface area contributed by atoms with Gasteiger partial charge in [-0.1, -0.05) is 19.8 Å². The molecule has 7 nitrogen and oxygen atoms in total. The second-order valence-electron chi connectivity index (χ2n) is 5.69. The van der Waals surface area contributed by atoms with E-state index in [4.69, 9.17) is 15.2 Å². The average molecular weight is 314 g/mol. The van der Waals surface area contributed by atoms with E-state index in [-0.39, 0.29) is 24.7 Å². The number of ether oxygens (including phenoxy) is 2. The monoisotopic (exact) mass is 314 g/mol. The van der Waals surface area contributed by atoms with E-state index in [0.29, 0.717) is 13.0 Å². The molecular weight excluding hydrogens is 288 g/mol. The molecular formula is C15H26N2O5. The second-order valence-corrected chi connectivity index (χ2v) is 5.69. The molecule has 0 radical (unpaired) electrons. The first-order chi connectivity index (χ1) is 10.5. The maximum absolute atomic E-state index is 12.1. The molecule has 0 aromatic heterocycles. The Hall–Kier alpha value is -1.47. The molecule has 0 bridgehead atoms. The lowest BCUT2D eigenvalue weighted by Crippen LogP contribution is -2.45. The zero-order valence-electron chi connectivity index (χ0n) is 13.3. The quantitative estimate of drug-likeness (QED) is 0.667. The minimum Gasteiger partial charge on any atom is -0.467 e. The Morgan fingerprint density at radius 1 is 1.32 bits per heavy atom. The van der Waals surface area contributed by atoms with Crippen LogP contribution in [0.15, 0.2) is 0 Å². The van der Waals surface area contributed by atoms with Crippen LogP contribution in [0.25, 0.3) is 0 Å². The van der Waals surface area contributed by atoms with Crippen LogP contribution >= 0.6 is 0 Å². The van der Waals surface area contributed by atoms with Gasteiger partial charge < -0.3 is 20.5 Å². The number of hydrogen-bond donors (Lipinski definition) is 2. The molecule has 3 N–H and O–H groups in total. The van der Waals surface area contributed by atoms with Gasteiger partial charge in [0, 0.05) is 18.9 Å². The van der Waals surface area contributed by atoms with Gasteiger partial charge in [0.15, 0.2) is 5.78 Å². The van der Waals surface area contributed by atoms with Gasteiger partial charge in [-0.25, -0.2) is 4.79 Å². The molecule has 0 aromatic carbocycles. The van der Waals surface area contributed by atoms with Gasteiger partial charge in [0.1, 0.15) is 6.04 Å². The summed E-state index contributed by atoms with van der Waals surface area (Å²) in [5, 5.41) is 2.67. The van der Waals surface area contributed by atoms with Crippen molar-refractivity contribution in [1.29, 1.82) is 0 Å². The van der Waals surface area contributed by atoms with Crippen molar-refractivity contribution >= 4 is 17.7 Å². The maximum atomic E-state index is 12.1. The zero-order chi connectivity index (χ0) is 16.5. The molecule has 1 saturated heterocycles. The number of nitrogens with one attached hydrogen (secondary N) is 1. The lowest BCUT2D eigenvalue weighted by molar-refractivity contribution is -0.145. The normalized spacial score (nSPS) is 29.3. The van der Waals surface area contributed by atoms with Gasteiger partial charge in [0.05, 0.1) is 19.8 Å². The number of nitrogens with two attached hydrogens (primary N) is 1. The Labute approximate surface area is 130 Å². The first-order valence-electron chi connectivity index (χ1n) is 7.70. The number of methoxy groups -OCH3 is 1. The molecule has 7 heteroatoms. The van der Waals surface area contributed by atoms with Crippen LogP contribution in [0, 0.1) is 5.92 Å². The smallest absolute Gasteiger partial charge is 0.328 e. The molecule has 0 aromatic rings. The molecule has 1 fully saturated rings. The highest BCUT2D eigenvalue weighted by atomic mass is 16.5. The minimum atomic E-state index is -0.713. The fraction of sp³-hybridized carbons (Fsp3) is 0.800. The summed E-state index contributed by atoms with van der Waals surface area (Å²) in [5.41, 5.74) is 5.75. The third-order valence-electron chi connectivity index (χ3n) is 3.75. The van der Waals surface area contributed by atoms with Crippen molar-refractivity contribution in [3.8, 4) is 0 Å². The fourth-order valence-corrected chi connectivity index (χ4v) is 2.28. The predicted molar refractivity (Wildman–Crippen MR) is 80.0 cm³/mol. The van der Waals surface area contributed by atoms with Gasteiger partial charge in [0.2, 0.25) is 5.91 Å². The summed E-state index contributed by atoms with van der Waals surface area (Å²) in [6, 6.07) is -1.39. The lowest BCUT2D eigenvalue weighted by atomic mass is 9.99. The standard InChI is InChI=1S/C15H26N2O5/c1-10-8-13(18)11(16)9-22-7-5-3-4-6-12(15(20)21-2)17-14(10)19/h10-12H,3-9,16H2,1-2H3,(H,17,19)/t10-,11+,12+/m1/s1. The van der Waals surface area contributed by atoms with Gasteiger partial charge in [-0.15, -0.1) is 0 Å². The Bertz CT molecular complexity index is 399. The highest BCUT2D eigenvalue weighted by Crippen LogP contribution is 2.10. The van der Waals surface area contributed by atoms with E-state index < -0.39 is 24.0 Å². The number of hydrogen-bond acceptors (Lipinski definition) is 6. The SMILES string of the molecule is COC(=O)[C@@H]1CCCCCOC[C@H](N)C(=O)C[C@@H](C)C(=O)N1. The summed E-state index contributed by atoms with van der Waals surface area (Å²) in [6.07, 6.45) is 3.01.